The Morgan fingerprint density at radius 1 is 1.11 bits per heavy atom. The predicted molar refractivity (Wildman–Crippen MR) is 145 cm³/mol. The van der Waals surface area contributed by atoms with E-state index < -0.39 is 16.1 Å². The second kappa shape index (κ2) is 9.78. The molecule has 0 spiro atoms. The minimum Gasteiger partial charge on any atom is -0.340 e. The van der Waals surface area contributed by atoms with Gasteiger partial charge in [0.2, 0.25) is 11.8 Å². The summed E-state index contributed by atoms with van der Waals surface area (Å²) in [5, 5.41) is 1.24. The summed E-state index contributed by atoms with van der Waals surface area (Å²) in [7, 11) is -3.93. The molecule has 0 radical (unpaired) electrons. The molecular formula is C26H27ClN4O5S2. The summed E-state index contributed by atoms with van der Waals surface area (Å²) < 4.78 is 31.5. The van der Waals surface area contributed by atoms with E-state index in [9.17, 15) is 22.8 Å². The number of hydrogen-bond donors (Lipinski definition) is 1. The van der Waals surface area contributed by atoms with Gasteiger partial charge in [0.05, 0.1) is 6.54 Å². The molecule has 2 fully saturated rings. The molecular weight excluding hydrogens is 548 g/mol. The summed E-state index contributed by atoms with van der Waals surface area (Å²) in [6.45, 7) is 1.96. The van der Waals surface area contributed by atoms with Crippen molar-refractivity contribution >= 4 is 54.9 Å². The van der Waals surface area contributed by atoms with E-state index in [0.29, 0.717) is 44.0 Å². The molecule has 3 atom stereocenters. The zero-order chi connectivity index (χ0) is 26.6. The summed E-state index contributed by atoms with van der Waals surface area (Å²) in [6.07, 6.45) is 1.90. The van der Waals surface area contributed by atoms with E-state index in [-0.39, 0.29) is 40.0 Å². The molecule has 2 bridgehead atoms. The number of amides is 2. The van der Waals surface area contributed by atoms with Gasteiger partial charge in [0, 0.05) is 53.6 Å². The van der Waals surface area contributed by atoms with Crippen LogP contribution in [-0.4, -0.2) is 66.8 Å². The highest BCUT2D eigenvalue weighted by molar-refractivity contribution is 7.91. The molecule has 2 saturated heterocycles. The maximum atomic E-state index is 13.3. The number of carbonyl (C=O) groups is 2. The SMILES string of the molecule is O=C(CN1CCC[C@H](NS(=O)(=O)c2cc3cc(Cl)ccc3s2)C1=O)N1CC2C[C@@H](C1)Cn1c2cccc1=O. The highest BCUT2D eigenvalue weighted by atomic mass is 35.5. The van der Waals surface area contributed by atoms with Crippen LogP contribution in [-0.2, 0) is 26.2 Å². The summed E-state index contributed by atoms with van der Waals surface area (Å²) >= 11 is 7.15. The normalized spacial score (nSPS) is 23.5. The Hall–Kier alpha value is -2.73. The van der Waals surface area contributed by atoms with Crippen LogP contribution in [0.3, 0.4) is 0 Å². The number of rotatable bonds is 5. The van der Waals surface area contributed by atoms with Crippen molar-refractivity contribution < 1.29 is 18.0 Å². The first-order valence-electron chi connectivity index (χ1n) is 12.7. The van der Waals surface area contributed by atoms with Gasteiger partial charge in [-0.25, -0.2) is 8.42 Å². The maximum absolute atomic E-state index is 13.3. The second-order valence-electron chi connectivity index (χ2n) is 10.3. The van der Waals surface area contributed by atoms with Gasteiger partial charge in [0.15, 0.2) is 0 Å². The molecule has 3 aromatic rings. The number of pyridine rings is 1. The molecule has 200 valence electrons. The quantitative estimate of drug-likeness (QED) is 0.504. The third kappa shape index (κ3) is 4.76. The lowest BCUT2D eigenvalue weighted by Crippen LogP contribution is -2.56. The number of benzene rings is 1. The predicted octanol–water partition coefficient (Wildman–Crippen LogP) is 2.63. The van der Waals surface area contributed by atoms with E-state index in [4.69, 9.17) is 11.6 Å². The average Bonchev–Trinajstić information content (AvgIpc) is 3.31. The average molecular weight is 575 g/mol. The Labute approximate surface area is 229 Å². The fourth-order valence-corrected chi connectivity index (χ4v) is 8.74. The topological polar surface area (TPSA) is 109 Å². The minimum atomic E-state index is -3.93. The van der Waals surface area contributed by atoms with Gasteiger partial charge in [-0.2, -0.15) is 4.72 Å². The smallest absolute Gasteiger partial charge is 0.250 e. The van der Waals surface area contributed by atoms with Gasteiger partial charge in [-0.05, 0) is 60.9 Å². The zero-order valence-corrected chi connectivity index (χ0v) is 22.9. The van der Waals surface area contributed by atoms with E-state index in [0.717, 1.165) is 33.5 Å². The lowest BCUT2D eigenvalue weighted by Gasteiger charge is -2.43. The lowest BCUT2D eigenvalue weighted by molar-refractivity contribution is -0.144. The van der Waals surface area contributed by atoms with Gasteiger partial charge < -0.3 is 14.4 Å². The summed E-state index contributed by atoms with van der Waals surface area (Å²) in [5.74, 6) is -0.248. The number of carbonyl (C=O) groups excluding carboxylic acids is 2. The van der Waals surface area contributed by atoms with Crippen molar-refractivity contribution in [2.45, 2.75) is 42.0 Å². The highest BCUT2D eigenvalue weighted by Crippen LogP contribution is 2.35. The van der Waals surface area contributed by atoms with E-state index in [1.54, 1.807) is 41.3 Å². The first-order chi connectivity index (χ1) is 18.2. The van der Waals surface area contributed by atoms with Crippen LogP contribution in [0.2, 0.25) is 5.02 Å². The zero-order valence-electron chi connectivity index (χ0n) is 20.5. The monoisotopic (exact) mass is 574 g/mol. The lowest BCUT2D eigenvalue weighted by atomic mass is 9.83. The summed E-state index contributed by atoms with van der Waals surface area (Å²) in [4.78, 5) is 42.1. The van der Waals surface area contributed by atoms with Gasteiger partial charge >= 0.3 is 0 Å². The third-order valence-corrected chi connectivity index (χ3v) is 11.0. The number of thiophene rings is 1. The molecule has 0 aliphatic carbocycles. The highest BCUT2D eigenvalue weighted by Gasteiger charge is 2.38. The fourth-order valence-electron chi connectivity index (χ4n) is 5.94. The van der Waals surface area contributed by atoms with Crippen molar-refractivity contribution in [2.24, 2.45) is 5.92 Å². The van der Waals surface area contributed by atoms with Gasteiger partial charge in [0.1, 0.15) is 10.3 Å². The van der Waals surface area contributed by atoms with Crippen LogP contribution >= 0.6 is 22.9 Å². The molecule has 3 aliphatic heterocycles. The first kappa shape index (κ1) is 25.5. The van der Waals surface area contributed by atoms with E-state index in [1.807, 2.05) is 10.6 Å². The van der Waals surface area contributed by atoms with Crippen LogP contribution in [0.25, 0.3) is 10.1 Å². The molecule has 12 heteroatoms. The van der Waals surface area contributed by atoms with E-state index >= 15 is 0 Å². The number of hydrogen-bond acceptors (Lipinski definition) is 6. The number of fused-ring (bicyclic) bond motifs is 5. The number of aromatic nitrogens is 1. The van der Waals surface area contributed by atoms with Crippen molar-refractivity contribution in [3.63, 3.8) is 0 Å². The number of halogens is 1. The Balaban J connectivity index is 1.13. The standard InChI is InChI=1S/C26H27ClN4O5S2/c27-19-6-7-22-17(10-19)11-25(37-22)38(35,36)28-20-3-2-8-29(26(20)34)15-24(33)30-12-16-9-18(14-30)21-4-1-5-23(32)31(21)13-16/h1,4-7,10-11,16,18,20,28H,2-3,8-9,12-15H2/t16-,18?,20-/m0/s1. The number of sulfonamides is 1. The van der Waals surface area contributed by atoms with Crippen molar-refractivity contribution in [1.82, 2.24) is 19.1 Å². The molecule has 5 heterocycles. The van der Waals surface area contributed by atoms with Crippen LogP contribution in [0.15, 0.2) is 51.5 Å². The van der Waals surface area contributed by atoms with Crippen LogP contribution in [0.5, 0.6) is 0 Å². The summed E-state index contributed by atoms with van der Waals surface area (Å²) in [6, 6.07) is 11.1. The van der Waals surface area contributed by atoms with Crippen molar-refractivity contribution in [3.05, 3.63) is 63.5 Å². The van der Waals surface area contributed by atoms with E-state index in [1.165, 1.54) is 4.90 Å². The molecule has 0 saturated carbocycles. The molecule has 1 N–H and O–H groups in total. The van der Waals surface area contributed by atoms with Crippen molar-refractivity contribution in [1.29, 1.82) is 0 Å². The third-order valence-electron chi connectivity index (χ3n) is 7.71. The van der Waals surface area contributed by atoms with Crippen LogP contribution < -0.4 is 10.3 Å². The van der Waals surface area contributed by atoms with Gasteiger partial charge in [-0.3, -0.25) is 14.4 Å². The molecule has 38 heavy (non-hydrogen) atoms. The van der Waals surface area contributed by atoms with Crippen LogP contribution in [0, 0.1) is 5.92 Å². The Morgan fingerprint density at radius 3 is 2.79 bits per heavy atom. The number of nitrogens with zero attached hydrogens (tertiary/aromatic N) is 3. The number of nitrogens with one attached hydrogen (secondary N) is 1. The Morgan fingerprint density at radius 2 is 1.95 bits per heavy atom. The van der Waals surface area contributed by atoms with Gasteiger partial charge in [-0.15, -0.1) is 11.3 Å². The van der Waals surface area contributed by atoms with Crippen molar-refractivity contribution in [2.75, 3.05) is 26.2 Å². The summed E-state index contributed by atoms with van der Waals surface area (Å²) in [5.41, 5.74) is 0.946. The molecule has 1 aromatic carbocycles. The fraction of sp³-hybridized carbons (Fsp3) is 0.423. The minimum absolute atomic E-state index is 0.0103. The van der Waals surface area contributed by atoms with Crippen molar-refractivity contribution in [3.8, 4) is 0 Å². The first-order valence-corrected chi connectivity index (χ1v) is 15.3. The molecule has 6 rings (SSSR count). The molecule has 2 aromatic heterocycles. The van der Waals surface area contributed by atoms with Crippen LogP contribution in [0.4, 0.5) is 0 Å². The number of likely N-dealkylation sites (tertiary alicyclic amines) is 2. The Kier molecular flexibility index (Phi) is 6.58. The molecule has 9 nitrogen and oxygen atoms in total. The Bertz CT molecular complexity index is 1600. The van der Waals surface area contributed by atoms with Gasteiger partial charge in [0.25, 0.3) is 15.6 Å². The molecule has 2 amide bonds. The van der Waals surface area contributed by atoms with Gasteiger partial charge in [-0.1, -0.05) is 17.7 Å². The van der Waals surface area contributed by atoms with Crippen LogP contribution in [0.1, 0.15) is 30.9 Å². The largest absolute Gasteiger partial charge is 0.340 e. The maximum Gasteiger partial charge on any atom is 0.250 e. The second-order valence-corrected chi connectivity index (χ2v) is 13.8. The van der Waals surface area contributed by atoms with E-state index in [2.05, 4.69) is 4.72 Å². The molecule has 3 aliphatic rings. The number of piperidine rings is 2. The molecule has 1 unspecified atom stereocenters.